The van der Waals surface area contributed by atoms with Crippen molar-refractivity contribution in [1.29, 1.82) is 0 Å². The fourth-order valence-corrected chi connectivity index (χ4v) is 12.4. The number of unbranched alkanes of at least 4 members (excludes halogenated alkanes) is 3. The number of amidine groups is 1. The van der Waals surface area contributed by atoms with Gasteiger partial charge in [0.25, 0.3) is 0 Å². The first-order valence-corrected chi connectivity index (χ1v) is 36.9. The van der Waals surface area contributed by atoms with Crippen LogP contribution in [0.25, 0.3) is 0 Å². The van der Waals surface area contributed by atoms with Crippen molar-refractivity contribution in [3.8, 4) is 0 Å². The van der Waals surface area contributed by atoms with E-state index in [1.54, 1.807) is 0 Å². The minimum Gasteiger partial charge on any atom is -0.463 e. The molecule has 3 aliphatic rings. The van der Waals surface area contributed by atoms with Crippen molar-refractivity contribution >= 4 is 70.8 Å². The maximum Gasteiger partial charge on any atom is 0.306 e. The van der Waals surface area contributed by atoms with Gasteiger partial charge in [0.15, 0.2) is 24.7 Å². The van der Waals surface area contributed by atoms with Crippen LogP contribution in [0.4, 0.5) is 0 Å². The number of nitrogens with zero attached hydrogens (tertiary/aromatic N) is 2. The largest absolute Gasteiger partial charge is 0.463 e. The third-order valence-electron chi connectivity index (χ3n) is 19.8. The van der Waals surface area contributed by atoms with Crippen LogP contribution in [0.2, 0.25) is 0 Å². The molecule has 3 saturated heterocycles. The van der Waals surface area contributed by atoms with Crippen molar-refractivity contribution in [2.24, 2.45) is 58.1 Å². The molecule has 0 spiro atoms. The van der Waals surface area contributed by atoms with Crippen LogP contribution in [0.3, 0.4) is 0 Å². The summed E-state index contributed by atoms with van der Waals surface area (Å²) in [4.78, 5) is 147. The number of rotatable bonds is 48. The third-order valence-corrected chi connectivity index (χ3v) is 19.8. The molecule has 0 radical (unpaired) electrons. The average Bonchev–Trinajstić information content (AvgIpc) is 0.822. The smallest absolute Gasteiger partial charge is 0.306 e. The number of nitrogens with two attached hydrogens (primary N) is 1. The van der Waals surface area contributed by atoms with Crippen LogP contribution >= 0.6 is 0 Å². The van der Waals surface area contributed by atoms with Crippen molar-refractivity contribution < 1.29 is 100 Å². The predicted octanol–water partition coefficient (Wildman–Crippen LogP) is 5.33. The van der Waals surface area contributed by atoms with Gasteiger partial charge in [0.2, 0.25) is 29.5 Å². The van der Waals surface area contributed by atoms with Gasteiger partial charge >= 0.3 is 23.9 Å². The number of aliphatic imine (C=N–C) groups is 1. The number of carbonyl (C=O) groups is 11. The highest BCUT2D eigenvalue weighted by atomic mass is 16.7. The van der Waals surface area contributed by atoms with E-state index in [0.29, 0.717) is 58.3 Å². The molecule has 3 heterocycles. The molecule has 7 unspecified atom stereocenters. The van der Waals surface area contributed by atoms with Gasteiger partial charge in [-0.3, -0.25) is 62.6 Å². The van der Waals surface area contributed by atoms with E-state index in [2.05, 4.69) is 73.1 Å². The maximum atomic E-state index is 14.6. The summed E-state index contributed by atoms with van der Waals surface area (Å²) in [5.74, 6) is -3.83. The molecule has 582 valence electrons. The zero-order valence-corrected chi connectivity index (χ0v) is 63.0. The minimum absolute atomic E-state index is 0.0169. The molecule has 103 heavy (non-hydrogen) atoms. The number of benzene rings is 1. The Morgan fingerprint density at radius 3 is 1.42 bits per heavy atom. The van der Waals surface area contributed by atoms with E-state index in [0.717, 1.165) is 5.56 Å². The van der Waals surface area contributed by atoms with Gasteiger partial charge in [0.05, 0.1) is 43.5 Å². The second-order valence-electron chi connectivity index (χ2n) is 27.8. The maximum absolute atomic E-state index is 14.6. The van der Waals surface area contributed by atoms with E-state index in [4.69, 9.17) is 53.1 Å². The Kier molecular flexibility index (Phi) is 41.3. The molecule has 3 aliphatic heterocycles. The van der Waals surface area contributed by atoms with Crippen molar-refractivity contribution in [2.45, 2.75) is 229 Å². The summed E-state index contributed by atoms with van der Waals surface area (Å²) in [6.07, 6.45) is -0.479. The van der Waals surface area contributed by atoms with Gasteiger partial charge in [0.1, 0.15) is 44.6 Å². The lowest BCUT2D eigenvalue weighted by Crippen LogP contribution is -2.58. The standard InChI is InChI=1S/C74H120N8O21/c1-46-48(3)62(43-97-55(10)84)101-72(52(46)7)94-36-19-16-32-76-67(90)29-27-59(87)40-82(41-65(75)80-39-69(92)78-34-18-21-38-96-74-71(81-54(9)83)51(6)50(5)64(103-74)45-99-57(12)86)60(31-35-79-66(89)25-22-26-70(93)100-42-58-23-14-13-15-24-58)61(88)28-30-68(91)77-33-17-20-37-95-73-53(8)47(2)49(4)63(102-73)44-98-56(11)85/h13-15,23-24,46-53,60,62-64,71-74H,16-22,25-45H2,1-12H3,(H2,75,80)(H,76,90)(H,77,91)(H,78,92)(H,79,89)(H,81,83)/t46-,47-,48+,49+,50+,51-,52?,53?,60?,62?,63?,64?,71?,72+,73+,74+/m0/s1. The Bertz CT molecular complexity index is 2850. The summed E-state index contributed by atoms with van der Waals surface area (Å²) in [6, 6.07) is 7.56. The molecular weight excluding hydrogens is 1340 g/mol. The molecule has 16 atom stereocenters. The number of nitrogens with one attached hydrogen (secondary N) is 5. The first-order chi connectivity index (χ1) is 49.0. The monoisotopic (exact) mass is 1460 g/mol. The number of hydrogen-bond acceptors (Lipinski definition) is 23. The van der Waals surface area contributed by atoms with E-state index in [9.17, 15) is 52.7 Å². The summed E-state index contributed by atoms with van der Waals surface area (Å²) < 4.78 is 58.0. The quantitative estimate of drug-likeness (QED) is 0.0158. The van der Waals surface area contributed by atoms with Crippen LogP contribution in [-0.2, 0) is 107 Å². The molecule has 3 fully saturated rings. The van der Waals surface area contributed by atoms with Gasteiger partial charge in [-0.2, -0.15) is 0 Å². The summed E-state index contributed by atoms with van der Waals surface area (Å²) in [5, 5.41) is 14.3. The predicted molar refractivity (Wildman–Crippen MR) is 379 cm³/mol. The Balaban J connectivity index is 1.42. The van der Waals surface area contributed by atoms with Gasteiger partial charge in [-0.05, 0) is 92.4 Å². The summed E-state index contributed by atoms with van der Waals surface area (Å²) in [7, 11) is 0. The first-order valence-electron chi connectivity index (χ1n) is 36.9. The molecule has 0 saturated carbocycles. The van der Waals surface area contributed by atoms with Crippen LogP contribution in [0.1, 0.15) is 179 Å². The molecule has 1 aromatic carbocycles. The number of hydrogen-bond donors (Lipinski definition) is 6. The summed E-state index contributed by atoms with van der Waals surface area (Å²) >= 11 is 0. The SMILES string of the molecule is CC(=O)NC1[C@H](OCCCCNC(=O)CN=C(N)CN(CC(=O)CCC(=O)NCCCCO[C@@H]2OC(COC(C)=O)[C@H](C)[C@H](C)C2C)C(CCNC(=O)CCCC(=O)OCc2ccccc2)C(=O)CCC(=O)NCCCCO[C@@H]2OC(COC(C)=O)[C@H](C)[C@H](C)C2C)OC(COC(C)=O)[C@H](C)[C@@H]1C. The molecule has 4 rings (SSSR count). The lowest BCUT2D eigenvalue weighted by Gasteiger charge is -2.44. The van der Waals surface area contributed by atoms with Crippen LogP contribution in [0, 0.1) is 47.3 Å². The Morgan fingerprint density at radius 2 is 0.922 bits per heavy atom. The van der Waals surface area contributed by atoms with Gasteiger partial charge in [-0.15, -0.1) is 0 Å². The van der Waals surface area contributed by atoms with Crippen molar-refractivity contribution in [3.05, 3.63) is 35.9 Å². The normalized spacial score (nSPS) is 25.1. The van der Waals surface area contributed by atoms with Crippen LogP contribution in [0.5, 0.6) is 0 Å². The molecule has 5 amide bonds. The Labute approximate surface area is 608 Å². The van der Waals surface area contributed by atoms with Crippen LogP contribution in [0.15, 0.2) is 35.3 Å². The highest BCUT2D eigenvalue weighted by Crippen LogP contribution is 2.37. The van der Waals surface area contributed by atoms with E-state index >= 15 is 0 Å². The Morgan fingerprint density at radius 1 is 0.476 bits per heavy atom. The fraction of sp³-hybridized carbons (Fsp3) is 0.757. The molecule has 0 aromatic heterocycles. The molecular formula is C74H120N8O21. The van der Waals surface area contributed by atoms with Gasteiger partial charge in [0, 0.05) is 124 Å². The molecule has 7 N–H and O–H groups in total. The summed E-state index contributed by atoms with van der Waals surface area (Å²) in [5.41, 5.74) is 7.36. The number of ether oxygens (including phenoxy) is 10. The van der Waals surface area contributed by atoms with E-state index in [-0.39, 0.29) is 200 Å². The van der Waals surface area contributed by atoms with Gasteiger partial charge < -0.3 is 79.7 Å². The molecule has 0 bridgehead atoms. The van der Waals surface area contributed by atoms with Crippen molar-refractivity contribution in [1.82, 2.24) is 31.5 Å². The first kappa shape index (κ1) is 88.4. The fourth-order valence-electron chi connectivity index (χ4n) is 12.4. The highest BCUT2D eigenvalue weighted by Gasteiger charge is 2.44. The van der Waals surface area contributed by atoms with Crippen molar-refractivity contribution in [3.63, 3.8) is 0 Å². The molecule has 29 nitrogen and oxygen atoms in total. The highest BCUT2D eigenvalue weighted by molar-refractivity contribution is 5.92. The minimum atomic E-state index is -1.14. The van der Waals surface area contributed by atoms with Crippen molar-refractivity contribution in [2.75, 3.05) is 85.5 Å². The second-order valence-corrected chi connectivity index (χ2v) is 27.8. The topological polar surface area (TPSA) is 382 Å². The summed E-state index contributed by atoms with van der Waals surface area (Å²) in [6.45, 7) is 22.7. The van der Waals surface area contributed by atoms with E-state index in [1.165, 1.54) is 32.6 Å². The lowest BCUT2D eigenvalue weighted by molar-refractivity contribution is -0.255. The number of ketones is 2. The number of esters is 4. The number of carbonyl (C=O) groups excluding carboxylic acids is 11. The van der Waals surface area contributed by atoms with Crippen LogP contribution in [-0.4, -0.2) is 210 Å². The van der Waals surface area contributed by atoms with Gasteiger partial charge in [-0.1, -0.05) is 85.7 Å². The van der Waals surface area contributed by atoms with Crippen LogP contribution < -0.4 is 32.3 Å². The number of Topliss-reactive ketones (excluding diaryl/α,β-unsaturated/α-hetero) is 2. The van der Waals surface area contributed by atoms with E-state index < -0.39 is 91.4 Å². The van der Waals surface area contributed by atoms with Gasteiger partial charge in [-0.25, -0.2) is 0 Å². The van der Waals surface area contributed by atoms with E-state index in [1.807, 2.05) is 44.2 Å². The number of amides is 5. The third kappa shape index (κ3) is 34.2. The second kappa shape index (κ2) is 48.2. The molecule has 29 heteroatoms. The zero-order chi connectivity index (χ0) is 76.0. The lowest BCUT2D eigenvalue weighted by atomic mass is 9.79. The molecule has 0 aliphatic carbocycles. The Hall–Kier alpha value is -7.02. The average molecular weight is 1460 g/mol. The molecule has 1 aromatic rings. The zero-order valence-electron chi connectivity index (χ0n) is 63.0.